The van der Waals surface area contributed by atoms with Gasteiger partial charge in [0.05, 0.1) is 12.4 Å². The molecule has 7 heteroatoms. The quantitative estimate of drug-likeness (QED) is 0.630. The zero-order chi connectivity index (χ0) is 15.2. The molecule has 2 rings (SSSR count). The molecule has 0 aliphatic carbocycles. The first-order valence-corrected chi connectivity index (χ1v) is 7.45. The molecule has 6 nitrogen and oxygen atoms in total. The number of nitrogens with zero attached hydrogens (tertiary/aromatic N) is 1. The number of nitrogen functional groups attached to an aromatic ring is 1. The standard InChI is InChI=1S/C14H17N3O3S/c1-3-19-10-4-5-11(15)12(7-10)21-8-14(18)16-13-6-9(2)20-17-13/h4-7H,3,8,15H2,1-2H3,(H,16,17,18). The monoisotopic (exact) mass is 307 g/mol. The van der Waals surface area contributed by atoms with E-state index in [1.54, 1.807) is 25.1 Å². The minimum absolute atomic E-state index is 0.172. The summed E-state index contributed by atoms with van der Waals surface area (Å²) in [4.78, 5) is 12.6. The van der Waals surface area contributed by atoms with Crippen molar-refractivity contribution in [2.45, 2.75) is 18.7 Å². The summed E-state index contributed by atoms with van der Waals surface area (Å²) >= 11 is 1.35. The molecule has 0 aliphatic rings. The van der Waals surface area contributed by atoms with Crippen molar-refractivity contribution in [3.05, 3.63) is 30.0 Å². The van der Waals surface area contributed by atoms with Gasteiger partial charge in [-0.05, 0) is 32.0 Å². The van der Waals surface area contributed by atoms with Gasteiger partial charge >= 0.3 is 0 Å². The van der Waals surface area contributed by atoms with E-state index in [1.807, 2.05) is 13.0 Å². The van der Waals surface area contributed by atoms with Gasteiger partial charge < -0.3 is 20.3 Å². The molecule has 1 aromatic heterocycles. The number of benzene rings is 1. The van der Waals surface area contributed by atoms with E-state index >= 15 is 0 Å². The van der Waals surface area contributed by atoms with Gasteiger partial charge in [-0.15, -0.1) is 11.8 Å². The zero-order valence-corrected chi connectivity index (χ0v) is 12.7. The van der Waals surface area contributed by atoms with Crippen molar-refractivity contribution in [2.75, 3.05) is 23.4 Å². The molecule has 1 heterocycles. The van der Waals surface area contributed by atoms with E-state index < -0.39 is 0 Å². The first kappa shape index (κ1) is 15.2. The van der Waals surface area contributed by atoms with Gasteiger partial charge in [0.25, 0.3) is 0 Å². The highest BCUT2D eigenvalue weighted by Gasteiger charge is 2.09. The van der Waals surface area contributed by atoms with Crippen molar-refractivity contribution >= 4 is 29.2 Å². The average Bonchev–Trinajstić information content (AvgIpc) is 2.85. The number of rotatable bonds is 6. The molecule has 0 radical (unpaired) electrons. The van der Waals surface area contributed by atoms with Crippen LogP contribution in [0.4, 0.5) is 11.5 Å². The number of nitrogens with one attached hydrogen (secondary N) is 1. The lowest BCUT2D eigenvalue weighted by molar-refractivity contribution is -0.113. The van der Waals surface area contributed by atoms with Crippen molar-refractivity contribution in [3.63, 3.8) is 0 Å². The molecule has 0 aliphatic heterocycles. The van der Waals surface area contributed by atoms with Crippen LogP contribution in [0.2, 0.25) is 0 Å². The number of thioether (sulfide) groups is 1. The third-order valence-corrected chi connectivity index (χ3v) is 3.62. The minimum Gasteiger partial charge on any atom is -0.494 e. The fourth-order valence-electron chi connectivity index (χ4n) is 1.64. The van der Waals surface area contributed by atoms with Crippen LogP contribution in [0.1, 0.15) is 12.7 Å². The number of ether oxygens (including phenoxy) is 1. The van der Waals surface area contributed by atoms with Crippen LogP contribution in [-0.4, -0.2) is 23.4 Å². The Morgan fingerprint density at radius 3 is 2.95 bits per heavy atom. The molecule has 0 fully saturated rings. The number of hydrogen-bond donors (Lipinski definition) is 2. The van der Waals surface area contributed by atoms with Crippen molar-refractivity contribution in [3.8, 4) is 5.75 Å². The highest BCUT2D eigenvalue weighted by molar-refractivity contribution is 8.00. The average molecular weight is 307 g/mol. The van der Waals surface area contributed by atoms with Gasteiger partial charge in [-0.3, -0.25) is 4.79 Å². The topological polar surface area (TPSA) is 90.4 Å². The first-order valence-electron chi connectivity index (χ1n) is 6.46. The number of aromatic nitrogens is 1. The third-order valence-electron chi connectivity index (χ3n) is 2.55. The minimum atomic E-state index is -0.172. The Labute approximate surface area is 127 Å². The molecular weight excluding hydrogens is 290 g/mol. The largest absolute Gasteiger partial charge is 0.494 e. The maximum Gasteiger partial charge on any atom is 0.235 e. The molecule has 21 heavy (non-hydrogen) atoms. The molecule has 0 saturated heterocycles. The van der Waals surface area contributed by atoms with Crippen LogP contribution in [0.15, 0.2) is 33.7 Å². The summed E-state index contributed by atoms with van der Waals surface area (Å²) in [6.07, 6.45) is 0. The molecule has 2 aromatic rings. The summed E-state index contributed by atoms with van der Waals surface area (Å²) < 4.78 is 10.3. The van der Waals surface area contributed by atoms with Crippen molar-refractivity contribution < 1.29 is 14.1 Å². The summed E-state index contributed by atoms with van der Waals surface area (Å²) in [5.74, 6) is 1.85. The second-order valence-electron chi connectivity index (χ2n) is 4.29. The van der Waals surface area contributed by atoms with Crippen LogP contribution in [0.25, 0.3) is 0 Å². The number of aryl methyl sites for hydroxylation is 1. The van der Waals surface area contributed by atoms with E-state index in [0.29, 0.717) is 23.9 Å². The maximum absolute atomic E-state index is 11.8. The van der Waals surface area contributed by atoms with Crippen LogP contribution in [0, 0.1) is 6.92 Å². The summed E-state index contributed by atoms with van der Waals surface area (Å²) in [5.41, 5.74) is 6.51. The Bertz CT molecular complexity index is 628. The second kappa shape index (κ2) is 7.03. The number of carbonyl (C=O) groups is 1. The Kier molecular flexibility index (Phi) is 5.10. The highest BCUT2D eigenvalue weighted by atomic mass is 32.2. The lowest BCUT2D eigenvalue weighted by Crippen LogP contribution is -2.14. The van der Waals surface area contributed by atoms with Crippen LogP contribution < -0.4 is 15.8 Å². The van der Waals surface area contributed by atoms with E-state index in [2.05, 4.69) is 10.5 Å². The normalized spacial score (nSPS) is 10.4. The van der Waals surface area contributed by atoms with Crippen LogP contribution in [0.3, 0.4) is 0 Å². The molecular formula is C14H17N3O3S. The molecule has 3 N–H and O–H groups in total. The van der Waals surface area contributed by atoms with Crippen molar-refractivity contribution in [2.24, 2.45) is 0 Å². The van der Waals surface area contributed by atoms with Gasteiger partial charge in [0.15, 0.2) is 5.82 Å². The van der Waals surface area contributed by atoms with E-state index in [-0.39, 0.29) is 11.7 Å². The predicted octanol–water partition coefficient (Wildman–Crippen LogP) is 2.69. The van der Waals surface area contributed by atoms with Crippen molar-refractivity contribution in [1.82, 2.24) is 5.16 Å². The highest BCUT2D eigenvalue weighted by Crippen LogP contribution is 2.29. The fourth-order valence-corrected chi connectivity index (χ4v) is 2.44. The number of carbonyl (C=O) groups excluding carboxylic acids is 1. The summed E-state index contributed by atoms with van der Waals surface area (Å²) in [6.45, 7) is 4.26. The van der Waals surface area contributed by atoms with E-state index in [9.17, 15) is 4.79 Å². The van der Waals surface area contributed by atoms with E-state index in [4.69, 9.17) is 15.0 Å². The number of anilines is 2. The number of amides is 1. The fraction of sp³-hybridized carbons (Fsp3) is 0.286. The molecule has 112 valence electrons. The molecule has 0 spiro atoms. The Hall–Kier alpha value is -2.15. The van der Waals surface area contributed by atoms with E-state index in [1.165, 1.54) is 11.8 Å². The maximum atomic E-state index is 11.8. The van der Waals surface area contributed by atoms with Gasteiger partial charge in [0, 0.05) is 16.6 Å². The molecule has 1 aromatic carbocycles. The SMILES string of the molecule is CCOc1ccc(N)c(SCC(=O)Nc2cc(C)on2)c1. The summed E-state index contributed by atoms with van der Waals surface area (Å²) in [7, 11) is 0. The Morgan fingerprint density at radius 2 is 2.29 bits per heavy atom. The number of nitrogens with two attached hydrogens (primary N) is 1. The summed E-state index contributed by atoms with van der Waals surface area (Å²) in [6, 6.07) is 7.07. The lowest BCUT2D eigenvalue weighted by atomic mass is 10.3. The third kappa shape index (κ3) is 4.42. The van der Waals surface area contributed by atoms with Gasteiger partial charge in [0.1, 0.15) is 11.5 Å². The van der Waals surface area contributed by atoms with Crippen LogP contribution in [-0.2, 0) is 4.79 Å². The Balaban J connectivity index is 1.92. The van der Waals surface area contributed by atoms with Crippen molar-refractivity contribution in [1.29, 1.82) is 0 Å². The van der Waals surface area contributed by atoms with Gasteiger partial charge in [-0.25, -0.2) is 0 Å². The van der Waals surface area contributed by atoms with Gasteiger partial charge in [-0.1, -0.05) is 5.16 Å². The van der Waals surface area contributed by atoms with Crippen LogP contribution >= 0.6 is 11.8 Å². The summed E-state index contributed by atoms with van der Waals surface area (Å²) in [5, 5.41) is 6.36. The smallest absolute Gasteiger partial charge is 0.235 e. The lowest BCUT2D eigenvalue weighted by Gasteiger charge is -2.08. The first-order chi connectivity index (χ1) is 10.1. The predicted molar refractivity (Wildman–Crippen MR) is 82.6 cm³/mol. The van der Waals surface area contributed by atoms with Gasteiger partial charge in [0.2, 0.25) is 5.91 Å². The zero-order valence-electron chi connectivity index (χ0n) is 11.9. The second-order valence-corrected chi connectivity index (χ2v) is 5.31. The molecule has 0 unspecified atom stereocenters. The van der Waals surface area contributed by atoms with E-state index in [0.717, 1.165) is 10.6 Å². The Morgan fingerprint density at radius 1 is 1.48 bits per heavy atom. The number of hydrogen-bond acceptors (Lipinski definition) is 6. The molecule has 0 saturated carbocycles. The molecule has 0 bridgehead atoms. The molecule has 1 amide bonds. The molecule has 0 atom stereocenters. The van der Waals surface area contributed by atoms with Gasteiger partial charge in [-0.2, -0.15) is 0 Å². The van der Waals surface area contributed by atoms with Crippen LogP contribution in [0.5, 0.6) is 5.75 Å².